The molecule has 0 aromatic carbocycles. The van der Waals surface area contributed by atoms with Crippen LogP contribution < -0.4 is 0 Å². The van der Waals surface area contributed by atoms with Gasteiger partial charge in [-0.1, -0.05) is 13.8 Å². The van der Waals surface area contributed by atoms with E-state index in [0.29, 0.717) is 38.3 Å². The van der Waals surface area contributed by atoms with Crippen molar-refractivity contribution in [2.45, 2.75) is 57.5 Å². The lowest BCUT2D eigenvalue weighted by molar-refractivity contribution is -0.0497. The Balaban J connectivity index is 1.57. The minimum Gasteiger partial charge on any atom is -0.391 e. The van der Waals surface area contributed by atoms with Crippen molar-refractivity contribution in [2.24, 2.45) is 5.92 Å². The molecule has 2 rings (SSSR count). The van der Waals surface area contributed by atoms with Crippen molar-refractivity contribution < 1.29 is 19.3 Å². The van der Waals surface area contributed by atoms with E-state index in [1.807, 2.05) is 0 Å². The molecule has 0 radical (unpaired) electrons. The lowest BCUT2D eigenvalue weighted by Gasteiger charge is -2.17. The first kappa shape index (κ1) is 13.3. The zero-order valence-electron chi connectivity index (χ0n) is 10.8. The van der Waals surface area contributed by atoms with Gasteiger partial charge in [-0.25, -0.2) is 0 Å². The third kappa shape index (κ3) is 3.91. The van der Waals surface area contributed by atoms with Gasteiger partial charge in [0.05, 0.1) is 44.2 Å². The fourth-order valence-electron chi connectivity index (χ4n) is 2.48. The van der Waals surface area contributed by atoms with Crippen molar-refractivity contribution in [3.8, 4) is 0 Å². The second-order valence-electron chi connectivity index (χ2n) is 5.50. The van der Waals surface area contributed by atoms with Crippen LogP contribution in [0.4, 0.5) is 0 Å². The molecule has 1 N–H and O–H groups in total. The molecule has 0 aliphatic carbocycles. The molecule has 2 aliphatic heterocycles. The van der Waals surface area contributed by atoms with Gasteiger partial charge in [-0.3, -0.25) is 0 Å². The topological polar surface area (TPSA) is 47.9 Å². The highest BCUT2D eigenvalue weighted by molar-refractivity contribution is 4.76. The van der Waals surface area contributed by atoms with E-state index in [1.54, 1.807) is 0 Å². The molecule has 2 fully saturated rings. The highest BCUT2D eigenvalue weighted by atomic mass is 16.6. The molecule has 100 valence electrons. The van der Waals surface area contributed by atoms with Gasteiger partial charge in [0.2, 0.25) is 0 Å². The molecule has 0 aromatic heterocycles. The van der Waals surface area contributed by atoms with Gasteiger partial charge in [-0.05, 0) is 18.8 Å². The van der Waals surface area contributed by atoms with Crippen molar-refractivity contribution in [3.05, 3.63) is 0 Å². The largest absolute Gasteiger partial charge is 0.391 e. The summed E-state index contributed by atoms with van der Waals surface area (Å²) in [6.07, 6.45) is 3.33. The molecule has 0 bridgehead atoms. The molecule has 4 nitrogen and oxygen atoms in total. The molecule has 2 saturated heterocycles. The first-order valence-electron chi connectivity index (χ1n) is 6.68. The van der Waals surface area contributed by atoms with Crippen LogP contribution in [0.5, 0.6) is 0 Å². The highest BCUT2D eigenvalue weighted by Gasteiger charge is 2.28. The normalized spacial score (nSPS) is 38.1. The molecule has 4 atom stereocenters. The quantitative estimate of drug-likeness (QED) is 0.793. The maximum Gasteiger partial charge on any atom is 0.0835 e. The number of aliphatic hydroxyl groups is 1. The Morgan fingerprint density at radius 2 is 2.00 bits per heavy atom. The predicted octanol–water partition coefficient (Wildman–Crippen LogP) is 1.36. The summed E-state index contributed by atoms with van der Waals surface area (Å²) in [5, 5.41) is 9.30. The highest BCUT2D eigenvalue weighted by Crippen LogP contribution is 2.25. The Bertz CT molecular complexity index is 231. The van der Waals surface area contributed by atoms with Gasteiger partial charge in [0.1, 0.15) is 0 Å². The van der Waals surface area contributed by atoms with E-state index >= 15 is 0 Å². The number of hydrogen-bond donors (Lipinski definition) is 1. The fourth-order valence-corrected chi connectivity index (χ4v) is 2.48. The van der Waals surface area contributed by atoms with Crippen LogP contribution in [-0.4, -0.2) is 49.3 Å². The van der Waals surface area contributed by atoms with Gasteiger partial charge in [0.25, 0.3) is 0 Å². The summed E-state index contributed by atoms with van der Waals surface area (Å²) in [6.45, 7) is 6.06. The molecule has 0 saturated carbocycles. The van der Waals surface area contributed by atoms with E-state index in [4.69, 9.17) is 14.2 Å². The third-order valence-electron chi connectivity index (χ3n) is 3.55. The number of rotatable bonds is 5. The van der Waals surface area contributed by atoms with E-state index in [1.165, 1.54) is 0 Å². The average Bonchev–Trinajstić information content (AvgIpc) is 2.88. The smallest absolute Gasteiger partial charge is 0.0835 e. The second kappa shape index (κ2) is 6.14. The average molecular weight is 244 g/mol. The summed E-state index contributed by atoms with van der Waals surface area (Å²) < 4.78 is 16.9. The van der Waals surface area contributed by atoms with E-state index in [0.717, 1.165) is 12.8 Å². The van der Waals surface area contributed by atoms with Crippen LogP contribution in [0, 0.1) is 5.92 Å². The molecule has 4 heteroatoms. The standard InChI is InChI=1S/C13H24O4/c1-9(2)13-4-3-11(17-13)7-15-8-12-5-10(14)6-16-12/h9-14H,3-8H2,1-2H3. The van der Waals surface area contributed by atoms with Gasteiger partial charge >= 0.3 is 0 Å². The number of aliphatic hydroxyl groups excluding tert-OH is 1. The monoisotopic (exact) mass is 244 g/mol. The summed E-state index contributed by atoms with van der Waals surface area (Å²) in [7, 11) is 0. The minimum absolute atomic E-state index is 0.0623. The Labute approximate surface area is 103 Å². The molecule has 0 aromatic rings. The summed E-state index contributed by atoms with van der Waals surface area (Å²) in [5.41, 5.74) is 0. The van der Waals surface area contributed by atoms with E-state index in [9.17, 15) is 5.11 Å². The third-order valence-corrected chi connectivity index (χ3v) is 3.55. The zero-order valence-corrected chi connectivity index (χ0v) is 10.8. The molecule has 0 amide bonds. The Hall–Kier alpha value is -0.160. The number of ether oxygens (including phenoxy) is 3. The van der Waals surface area contributed by atoms with Crippen LogP contribution in [0.2, 0.25) is 0 Å². The molecular formula is C13H24O4. The van der Waals surface area contributed by atoms with Crippen LogP contribution in [0.15, 0.2) is 0 Å². The second-order valence-corrected chi connectivity index (χ2v) is 5.50. The van der Waals surface area contributed by atoms with Gasteiger partial charge < -0.3 is 19.3 Å². The van der Waals surface area contributed by atoms with E-state index in [-0.39, 0.29) is 18.3 Å². The lowest BCUT2D eigenvalue weighted by Crippen LogP contribution is -2.23. The minimum atomic E-state index is -0.309. The van der Waals surface area contributed by atoms with Crippen LogP contribution in [0.1, 0.15) is 33.1 Å². The summed E-state index contributed by atoms with van der Waals surface area (Å²) >= 11 is 0. The summed E-state index contributed by atoms with van der Waals surface area (Å²) in [5.74, 6) is 0.591. The van der Waals surface area contributed by atoms with Crippen molar-refractivity contribution >= 4 is 0 Å². The van der Waals surface area contributed by atoms with Gasteiger partial charge in [0.15, 0.2) is 0 Å². The molecule has 4 unspecified atom stereocenters. The molecule has 17 heavy (non-hydrogen) atoms. The van der Waals surface area contributed by atoms with Crippen LogP contribution in [0.3, 0.4) is 0 Å². The van der Waals surface area contributed by atoms with Crippen molar-refractivity contribution in [3.63, 3.8) is 0 Å². The van der Waals surface area contributed by atoms with E-state index < -0.39 is 0 Å². The number of hydrogen-bond acceptors (Lipinski definition) is 4. The van der Waals surface area contributed by atoms with Crippen LogP contribution in [-0.2, 0) is 14.2 Å². The van der Waals surface area contributed by atoms with Crippen molar-refractivity contribution in [2.75, 3.05) is 19.8 Å². The molecule has 0 spiro atoms. The Kier molecular flexibility index (Phi) is 4.79. The predicted molar refractivity (Wildman–Crippen MR) is 63.9 cm³/mol. The maximum atomic E-state index is 9.30. The fraction of sp³-hybridized carbons (Fsp3) is 1.00. The molecule has 2 aliphatic rings. The SMILES string of the molecule is CC(C)C1CCC(COCC2CC(O)CO2)O1. The van der Waals surface area contributed by atoms with Crippen molar-refractivity contribution in [1.82, 2.24) is 0 Å². The molecule has 2 heterocycles. The van der Waals surface area contributed by atoms with Crippen molar-refractivity contribution in [1.29, 1.82) is 0 Å². The van der Waals surface area contributed by atoms with Gasteiger partial charge in [0, 0.05) is 6.42 Å². The van der Waals surface area contributed by atoms with Crippen LogP contribution in [0.25, 0.3) is 0 Å². The Morgan fingerprint density at radius 1 is 1.24 bits per heavy atom. The first-order chi connectivity index (χ1) is 8.15. The summed E-state index contributed by atoms with van der Waals surface area (Å²) in [4.78, 5) is 0. The lowest BCUT2D eigenvalue weighted by atomic mass is 10.0. The van der Waals surface area contributed by atoms with E-state index in [2.05, 4.69) is 13.8 Å². The Morgan fingerprint density at radius 3 is 2.59 bits per heavy atom. The summed E-state index contributed by atoms with van der Waals surface area (Å²) in [6, 6.07) is 0. The van der Waals surface area contributed by atoms with Gasteiger partial charge in [-0.15, -0.1) is 0 Å². The van der Waals surface area contributed by atoms with Crippen LogP contribution >= 0.6 is 0 Å². The molecular weight excluding hydrogens is 220 g/mol. The first-order valence-corrected chi connectivity index (χ1v) is 6.68. The van der Waals surface area contributed by atoms with Gasteiger partial charge in [-0.2, -0.15) is 0 Å². The maximum absolute atomic E-state index is 9.30. The zero-order chi connectivity index (χ0) is 12.3.